The largest absolute Gasteiger partial charge is 0.336 e. The van der Waals surface area contributed by atoms with E-state index in [1.165, 1.54) is 0 Å². The number of hydrogen-bond donors (Lipinski definition) is 0. The number of rotatable bonds is 3. The number of aromatic nitrogens is 1. The molecule has 0 aromatic carbocycles. The van der Waals surface area contributed by atoms with Crippen LogP contribution in [0.15, 0.2) is 11.6 Å². The van der Waals surface area contributed by atoms with Crippen LogP contribution in [0.25, 0.3) is 0 Å². The Morgan fingerprint density at radius 1 is 1.42 bits per heavy atom. The van der Waals surface area contributed by atoms with Crippen LogP contribution < -0.4 is 0 Å². The Hall–Kier alpha value is -1.01. The number of carbonyl (C=O) groups excluding carboxylic acids is 1. The molecule has 1 aliphatic carbocycles. The molecule has 3 heterocycles. The first-order valence-electron chi connectivity index (χ1n) is 6.73. The van der Waals surface area contributed by atoms with Gasteiger partial charge in [0.1, 0.15) is 5.01 Å². The maximum absolute atomic E-state index is 13.7. The van der Waals surface area contributed by atoms with Gasteiger partial charge in [0.25, 0.3) is 5.91 Å². The third-order valence-corrected chi connectivity index (χ3v) is 5.42. The lowest BCUT2D eigenvalue weighted by atomic mass is 9.77. The monoisotopic (exact) mass is 281 g/mol. The van der Waals surface area contributed by atoms with Crippen molar-refractivity contribution in [3.05, 3.63) is 16.6 Å². The molecular weight excluding hydrogens is 265 g/mol. The van der Waals surface area contributed by atoms with Gasteiger partial charge >= 0.3 is 0 Å². The van der Waals surface area contributed by atoms with Crippen LogP contribution in [0.5, 0.6) is 0 Å². The molecule has 1 aromatic heterocycles. The molecule has 102 valence electrons. The summed E-state index contributed by atoms with van der Waals surface area (Å²) in [7, 11) is 0. The van der Waals surface area contributed by atoms with Crippen LogP contribution in [-0.2, 0) is 11.3 Å². The molecule has 1 saturated carbocycles. The van der Waals surface area contributed by atoms with Crippen LogP contribution in [0.2, 0.25) is 0 Å². The van der Waals surface area contributed by atoms with Crippen molar-refractivity contribution in [3.8, 4) is 0 Å². The molecule has 1 spiro atoms. The molecule has 3 aliphatic rings. The summed E-state index contributed by atoms with van der Waals surface area (Å²) in [5, 5.41) is 3.10. The Labute approximate surface area is 115 Å². The number of thiazole rings is 1. The SMILES string of the molecule is O=C(N1CC2(CCN2Cc2nccs2)C1)C1(F)CC1. The second kappa shape index (κ2) is 3.76. The van der Waals surface area contributed by atoms with Crippen molar-refractivity contribution in [1.82, 2.24) is 14.8 Å². The number of amides is 1. The summed E-state index contributed by atoms with van der Waals surface area (Å²) in [6.45, 7) is 3.31. The Morgan fingerprint density at radius 3 is 2.74 bits per heavy atom. The molecular formula is C13H16FN3OS. The number of nitrogens with zero attached hydrogens (tertiary/aromatic N) is 3. The Balaban J connectivity index is 1.37. The first-order chi connectivity index (χ1) is 9.11. The highest BCUT2D eigenvalue weighted by Gasteiger charge is 2.60. The highest BCUT2D eigenvalue weighted by atomic mass is 32.1. The Kier molecular flexibility index (Phi) is 2.33. The van der Waals surface area contributed by atoms with E-state index < -0.39 is 5.67 Å². The quantitative estimate of drug-likeness (QED) is 0.841. The summed E-state index contributed by atoms with van der Waals surface area (Å²) in [6.07, 6.45) is 3.76. The number of carbonyl (C=O) groups is 1. The predicted molar refractivity (Wildman–Crippen MR) is 69.5 cm³/mol. The predicted octanol–water partition coefficient (Wildman–Crippen LogP) is 1.43. The van der Waals surface area contributed by atoms with E-state index in [1.807, 2.05) is 11.6 Å². The van der Waals surface area contributed by atoms with Crippen molar-refractivity contribution >= 4 is 17.2 Å². The third-order valence-electron chi connectivity index (χ3n) is 4.66. The van der Waals surface area contributed by atoms with Crippen molar-refractivity contribution in [3.63, 3.8) is 0 Å². The smallest absolute Gasteiger partial charge is 0.260 e. The first kappa shape index (κ1) is 11.8. The molecule has 1 aromatic rings. The maximum Gasteiger partial charge on any atom is 0.260 e. The van der Waals surface area contributed by atoms with Crippen LogP contribution in [0.3, 0.4) is 0 Å². The zero-order valence-corrected chi connectivity index (χ0v) is 11.5. The molecule has 4 nitrogen and oxygen atoms in total. The second-order valence-electron chi connectivity index (χ2n) is 5.95. The molecule has 0 atom stereocenters. The lowest BCUT2D eigenvalue weighted by Gasteiger charge is -2.62. The number of likely N-dealkylation sites (tertiary alicyclic amines) is 2. The molecule has 0 N–H and O–H groups in total. The van der Waals surface area contributed by atoms with Crippen molar-refractivity contribution in [2.24, 2.45) is 0 Å². The molecule has 0 unspecified atom stereocenters. The fourth-order valence-corrected chi connectivity index (χ4v) is 3.73. The molecule has 19 heavy (non-hydrogen) atoms. The lowest BCUT2D eigenvalue weighted by molar-refractivity contribution is -0.168. The van der Waals surface area contributed by atoms with Gasteiger partial charge in [0, 0.05) is 31.2 Å². The number of hydrogen-bond acceptors (Lipinski definition) is 4. The van der Waals surface area contributed by atoms with Crippen molar-refractivity contribution in [1.29, 1.82) is 0 Å². The minimum Gasteiger partial charge on any atom is -0.336 e. The maximum atomic E-state index is 13.7. The van der Waals surface area contributed by atoms with Gasteiger partial charge < -0.3 is 4.90 Å². The van der Waals surface area contributed by atoms with Crippen LogP contribution in [0.1, 0.15) is 24.3 Å². The average molecular weight is 281 g/mol. The summed E-state index contributed by atoms with van der Waals surface area (Å²) in [5.41, 5.74) is -1.39. The highest BCUT2D eigenvalue weighted by Crippen LogP contribution is 2.46. The third kappa shape index (κ3) is 1.73. The zero-order chi connectivity index (χ0) is 13.1. The fourth-order valence-electron chi connectivity index (χ4n) is 3.10. The molecule has 2 aliphatic heterocycles. The molecule has 0 radical (unpaired) electrons. The van der Waals surface area contributed by atoms with Crippen LogP contribution in [0, 0.1) is 0 Å². The standard InChI is InChI=1S/C13H16FN3OS/c14-13(1-2-13)11(18)16-8-12(9-16)3-5-17(12)7-10-15-4-6-19-10/h4,6H,1-3,5,7-9H2. The van der Waals surface area contributed by atoms with E-state index in [9.17, 15) is 9.18 Å². The summed E-state index contributed by atoms with van der Waals surface area (Å²) >= 11 is 1.66. The summed E-state index contributed by atoms with van der Waals surface area (Å²) in [6, 6.07) is 0. The van der Waals surface area contributed by atoms with Crippen molar-refractivity contribution < 1.29 is 9.18 Å². The van der Waals surface area contributed by atoms with Gasteiger partial charge in [0.2, 0.25) is 0 Å². The minimum atomic E-state index is -1.51. The second-order valence-corrected chi connectivity index (χ2v) is 6.93. The first-order valence-corrected chi connectivity index (χ1v) is 7.61. The van der Waals surface area contributed by atoms with E-state index in [0.29, 0.717) is 25.9 Å². The molecule has 4 rings (SSSR count). The fraction of sp³-hybridized carbons (Fsp3) is 0.692. The van der Waals surface area contributed by atoms with Crippen LogP contribution in [-0.4, -0.2) is 51.5 Å². The zero-order valence-electron chi connectivity index (χ0n) is 10.6. The molecule has 2 saturated heterocycles. The van der Waals surface area contributed by atoms with E-state index >= 15 is 0 Å². The van der Waals surface area contributed by atoms with Crippen molar-refractivity contribution in [2.75, 3.05) is 19.6 Å². The van der Waals surface area contributed by atoms with Crippen LogP contribution >= 0.6 is 11.3 Å². The van der Waals surface area contributed by atoms with Gasteiger partial charge in [-0.05, 0) is 19.3 Å². The van der Waals surface area contributed by atoms with E-state index in [-0.39, 0.29) is 11.4 Å². The van der Waals surface area contributed by atoms with Gasteiger partial charge in [-0.3, -0.25) is 9.69 Å². The minimum absolute atomic E-state index is 0.118. The summed E-state index contributed by atoms with van der Waals surface area (Å²) in [5.74, 6) is -0.278. The van der Waals surface area contributed by atoms with E-state index in [2.05, 4.69) is 9.88 Å². The molecule has 0 bridgehead atoms. The van der Waals surface area contributed by atoms with Gasteiger partial charge in [-0.1, -0.05) is 0 Å². The van der Waals surface area contributed by atoms with E-state index in [0.717, 1.165) is 24.5 Å². The summed E-state index contributed by atoms with van der Waals surface area (Å²) < 4.78 is 13.7. The van der Waals surface area contributed by atoms with Crippen molar-refractivity contribution in [2.45, 2.75) is 37.0 Å². The number of alkyl halides is 1. The molecule has 3 fully saturated rings. The van der Waals surface area contributed by atoms with Gasteiger partial charge in [0.05, 0.1) is 12.1 Å². The highest BCUT2D eigenvalue weighted by molar-refractivity contribution is 7.09. The number of halogens is 1. The van der Waals surface area contributed by atoms with Gasteiger partial charge in [-0.15, -0.1) is 11.3 Å². The van der Waals surface area contributed by atoms with E-state index in [1.54, 1.807) is 16.2 Å². The van der Waals surface area contributed by atoms with E-state index in [4.69, 9.17) is 0 Å². The van der Waals surface area contributed by atoms with Crippen LogP contribution in [0.4, 0.5) is 4.39 Å². The average Bonchev–Trinajstić information content (AvgIpc) is 2.89. The molecule has 1 amide bonds. The molecule has 6 heteroatoms. The van der Waals surface area contributed by atoms with Gasteiger partial charge in [-0.25, -0.2) is 9.37 Å². The normalized spacial score (nSPS) is 26.9. The topological polar surface area (TPSA) is 36.4 Å². The van der Waals surface area contributed by atoms with Gasteiger partial charge in [-0.2, -0.15) is 0 Å². The van der Waals surface area contributed by atoms with Gasteiger partial charge in [0.15, 0.2) is 5.67 Å². The Morgan fingerprint density at radius 2 is 2.21 bits per heavy atom. The summed E-state index contributed by atoms with van der Waals surface area (Å²) in [4.78, 5) is 20.3. The lowest BCUT2D eigenvalue weighted by Crippen LogP contribution is -2.77. The Bertz CT molecular complexity index is 508.